The molecule has 3 N–H and O–H groups in total. The Morgan fingerprint density at radius 2 is 2.29 bits per heavy atom. The fourth-order valence-electron chi connectivity index (χ4n) is 2.09. The summed E-state index contributed by atoms with van der Waals surface area (Å²) in [5.74, 6) is 0.262. The van der Waals surface area contributed by atoms with E-state index < -0.39 is 0 Å². The third-order valence-electron chi connectivity index (χ3n) is 2.79. The standard InChI is InChI=1S/C12H12N4O/c1-7-5-8-3-2-4-9(12(8)14-7)16-11(17)6-10(13)15-16/h2-5,14H,6H2,1H3,(H2,13,15). The number of aromatic amines is 1. The molecule has 1 aliphatic heterocycles. The molecule has 86 valence electrons. The number of hydrogen-bond acceptors (Lipinski definition) is 3. The zero-order valence-electron chi connectivity index (χ0n) is 9.40. The van der Waals surface area contributed by atoms with Gasteiger partial charge in [-0.25, -0.2) is 0 Å². The number of carbonyl (C=O) groups is 1. The van der Waals surface area contributed by atoms with Crippen molar-refractivity contribution in [1.29, 1.82) is 0 Å². The second kappa shape index (κ2) is 3.35. The van der Waals surface area contributed by atoms with Gasteiger partial charge in [0.05, 0.1) is 17.6 Å². The van der Waals surface area contributed by atoms with Crippen LogP contribution in [0.4, 0.5) is 5.69 Å². The first-order chi connectivity index (χ1) is 8.15. The van der Waals surface area contributed by atoms with Gasteiger partial charge in [-0.2, -0.15) is 10.1 Å². The van der Waals surface area contributed by atoms with Crippen molar-refractivity contribution in [1.82, 2.24) is 4.98 Å². The van der Waals surface area contributed by atoms with Gasteiger partial charge < -0.3 is 10.7 Å². The molecule has 0 bridgehead atoms. The number of aryl methyl sites for hydroxylation is 1. The smallest absolute Gasteiger partial charge is 0.255 e. The normalized spacial score (nSPS) is 15.7. The van der Waals surface area contributed by atoms with Gasteiger partial charge >= 0.3 is 0 Å². The van der Waals surface area contributed by atoms with Crippen LogP contribution in [-0.2, 0) is 4.79 Å². The van der Waals surface area contributed by atoms with Gasteiger partial charge in [0.15, 0.2) is 0 Å². The minimum atomic E-state index is -0.0951. The summed E-state index contributed by atoms with van der Waals surface area (Å²) in [7, 11) is 0. The largest absolute Gasteiger partial charge is 0.385 e. The molecular weight excluding hydrogens is 216 g/mol. The molecule has 0 aliphatic carbocycles. The highest BCUT2D eigenvalue weighted by atomic mass is 16.2. The van der Waals surface area contributed by atoms with Gasteiger partial charge in [-0.05, 0) is 19.1 Å². The Balaban J connectivity index is 2.20. The Morgan fingerprint density at radius 3 is 3.00 bits per heavy atom. The molecule has 0 spiro atoms. The molecule has 3 rings (SSSR count). The van der Waals surface area contributed by atoms with E-state index >= 15 is 0 Å². The van der Waals surface area contributed by atoms with Crippen LogP contribution in [0.3, 0.4) is 0 Å². The second-order valence-corrected chi connectivity index (χ2v) is 4.17. The zero-order chi connectivity index (χ0) is 12.0. The van der Waals surface area contributed by atoms with Crippen LogP contribution in [-0.4, -0.2) is 16.7 Å². The molecular formula is C12H12N4O. The number of H-pyrrole nitrogens is 1. The lowest BCUT2D eigenvalue weighted by atomic mass is 10.2. The second-order valence-electron chi connectivity index (χ2n) is 4.17. The van der Waals surface area contributed by atoms with Crippen molar-refractivity contribution in [2.24, 2.45) is 10.8 Å². The summed E-state index contributed by atoms with van der Waals surface area (Å²) < 4.78 is 0. The van der Waals surface area contributed by atoms with Crippen molar-refractivity contribution >= 4 is 28.3 Å². The SMILES string of the molecule is Cc1cc2cccc(N3N=C(N)CC3=O)c2[nH]1. The van der Waals surface area contributed by atoms with Crippen LogP contribution in [0.15, 0.2) is 29.4 Å². The van der Waals surface area contributed by atoms with Gasteiger partial charge in [-0.3, -0.25) is 4.79 Å². The van der Waals surface area contributed by atoms with Crippen molar-refractivity contribution < 1.29 is 4.79 Å². The Hall–Kier alpha value is -2.30. The van der Waals surface area contributed by atoms with Crippen LogP contribution in [0.25, 0.3) is 10.9 Å². The average molecular weight is 228 g/mol. The van der Waals surface area contributed by atoms with E-state index in [9.17, 15) is 4.79 Å². The summed E-state index contributed by atoms with van der Waals surface area (Å²) in [6.45, 7) is 1.98. The van der Waals surface area contributed by atoms with E-state index in [-0.39, 0.29) is 12.3 Å². The predicted octanol–water partition coefficient (Wildman–Crippen LogP) is 1.49. The number of fused-ring (bicyclic) bond motifs is 1. The molecule has 2 aromatic rings. The molecule has 0 saturated carbocycles. The van der Waals surface area contributed by atoms with Crippen LogP contribution in [0.5, 0.6) is 0 Å². The maximum absolute atomic E-state index is 11.8. The van der Waals surface area contributed by atoms with Crippen molar-refractivity contribution in [3.63, 3.8) is 0 Å². The monoisotopic (exact) mass is 228 g/mol. The van der Waals surface area contributed by atoms with E-state index in [1.54, 1.807) is 0 Å². The predicted molar refractivity (Wildman–Crippen MR) is 66.8 cm³/mol. The molecule has 1 aromatic carbocycles. The van der Waals surface area contributed by atoms with Crippen LogP contribution in [0, 0.1) is 6.92 Å². The van der Waals surface area contributed by atoms with Crippen LogP contribution < -0.4 is 10.7 Å². The number of rotatable bonds is 1. The molecule has 0 fully saturated rings. The Kier molecular flexibility index (Phi) is 1.95. The van der Waals surface area contributed by atoms with E-state index in [1.165, 1.54) is 5.01 Å². The van der Waals surface area contributed by atoms with E-state index in [0.29, 0.717) is 5.84 Å². The van der Waals surface area contributed by atoms with Crippen molar-refractivity contribution in [2.75, 3.05) is 5.01 Å². The number of para-hydroxylation sites is 1. The molecule has 1 amide bonds. The average Bonchev–Trinajstić information content (AvgIpc) is 2.79. The number of benzene rings is 1. The summed E-state index contributed by atoms with van der Waals surface area (Å²) in [5, 5.41) is 6.49. The number of hydrogen-bond donors (Lipinski definition) is 2. The number of carbonyl (C=O) groups excluding carboxylic acids is 1. The molecule has 0 saturated heterocycles. The lowest BCUT2D eigenvalue weighted by Crippen LogP contribution is -2.19. The lowest BCUT2D eigenvalue weighted by molar-refractivity contribution is -0.116. The Labute approximate surface area is 97.9 Å². The van der Waals surface area contributed by atoms with Crippen molar-refractivity contribution in [3.8, 4) is 0 Å². The fourth-order valence-corrected chi connectivity index (χ4v) is 2.09. The van der Waals surface area contributed by atoms with Gasteiger partial charge in [-0.1, -0.05) is 12.1 Å². The zero-order valence-corrected chi connectivity index (χ0v) is 9.40. The van der Waals surface area contributed by atoms with E-state index in [2.05, 4.69) is 10.1 Å². The summed E-state index contributed by atoms with van der Waals surface area (Å²) >= 11 is 0. The number of amides is 1. The molecule has 0 atom stereocenters. The van der Waals surface area contributed by atoms with E-state index in [4.69, 9.17) is 5.73 Å². The van der Waals surface area contributed by atoms with Crippen LogP contribution >= 0.6 is 0 Å². The summed E-state index contributed by atoms with van der Waals surface area (Å²) in [4.78, 5) is 15.0. The van der Waals surface area contributed by atoms with Crippen LogP contribution in [0.2, 0.25) is 0 Å². The van der Waals surface area contributed by atoms with Crippen molar-refractivity contribution in [2.45, 2.75) is 13.3 Å². The minimum Gasteiger partial charge on any atom is -0.385 e. The van der Waals surface area contributed by atoms with E-state index in [0.717, 1.165) is 22.3 Å². The highest BCUT2D eigenvalue weighted by molar-refractivity contribution is 6.14. The topological polar surface area (TPSA) is 74.5 Å². The van der Waals surface area contributed by atoms with Crippen molar-refractivity contribution in [3.05, 3.63) is 30.0 Å². The number of anilines is 1. The maximum atomic E-state index is 11.8. The first kappa shape index (κ1) is 9.89. The summed E-state index contributed by atoms with van der Waals surface area (Å²) in [6.07, 6.45) is 0.191. The number of hydrazone groups is 1. The van der Waals surface area contributed by atoms with E-state index in [1.807, 2.05) is 31.2 Å². The molecule has 1 aliphatic rings. The molecule has 5 heteroatoms. The number of aromatic nitrogens is 1. The minimum absolute atomic E-state index is 0.0951. The number of nitrogens with zero attached hydrogens (tertiary/aromatic N) is 2. The first-order valence-corrected chi connectivity index (χ1v) is 5.39. The fraction of sp³-hybridized carbons (Fsp3) is 0.167. The molecule has 0 unspecified atom stereocenters. The maximum Gasteiger partial charge on any atom is 0.255 e. The Bertz CT molecular complexity index is 641. The first-order valence-electron chi connectivity index (χ1n) is 5.39. The molecule has 2 heterocycles. The van der Waals surface area contributed by atoms with Gasteiger partial charge in [0.2, 0.25) is 0 Å². The van der Waals surface area contributed by atoms with Gasteiger partial charge in [0.25, 0.3) is 5.91 Å². The molecule has 0 radical (unpaired) electrons. The quantitative estimate of drug-likeness (QED) is 0.775. The molecule has 5 nitrogen and oxygen atoms in total. The number of nitrogens with one attached hydrogen (secondary N) is 1. The number of amidine groups is 1. The molecule has 1 aromatic heterocycles. The summed E-state index contributed by atoms with van der Waals surface area (Å²) in [6, 6.07) is 7.79. The highest BCUT2D eigenvalue weighted by Crippen LogP contribution is 2.29. The Morgan fingerprint density at radius 1 is 1.47 bits per heavy atom. The van der Waals surface area contributed by atoms with Gasteiger partial charge in [0.1, 0.15) is 5.84 Å². The molecule has 17 heavy (non-hydrogen) atoms. The lowest BCUT2D eigenvalue weighted by Gasteiger charge is -2.12. The summed E-state index contributed by atoms with van der Waals surface area (Å²) in [5.41, 5.74) is 8.30. The van der Waals surface area contributed by atoms with Gasteiger partial charge in [-0.15, -0.1) is 0 Å². The highest BCUT2D eigenvalue weighted by Gasteiger charge is 2.25. The number of nitrogens with two attached hydrogens (primary N) is 1. The van der Waals surface area contributed by atoms with Gasteiger partial charge in [0, 0.05) is 11.1 Å². The van der Waals surface area contributed by atoms with Crippen LogP contribution in [0.1, 0.15) is 12.1 Å². The third-order valence-corrected chi connectivity index (χ3v) is 2.79. The third kappa shape index (κ3) is 1.47.